The molecular formula is C20H25N3O4. The summed E-state index contributed by atoms with van der Waals surface area (Å²) >= 11 is 0. The highest BCUT2D eigenvalue weighted by atomic mass is 16.6. The highest BCUT2D eigenvalue weighted by Gasteiger charge is 2.27. The molecule has 2 aliphatic rings. The Morgan fingerprint density at radius 1 is 1.26 bits per heavy atom. The van der Waals surface area contributed by atoms with Gasteiger partial charge in [0, 0.05) is 12.1 Å². The van der Waals surface area contributed by atoms with Crippen molar-refractivity contribution in [1.82, 2.24) is 15.2 Å². The third kappa shape index (κ3) is 3.69. The highest BCUT2D eigenvalue weighted by molar-refractivity contribution is 5.93. The number of nitrogens with zero attached hydrogens (tertiary/aromatic N) is 3. The molecule has 2 aromatic rings. The number of aliphatic hydroxyl groups is 1. The Morgan fingerprint density at radius 3 is 2.81 bits per heavy atom. The molecule has 7 heteroatoms. The maximum atomic E-state index is 12.8. The molecule has 1 amide bonds. The quantitative estimate of drug-likeness (QED) is 0.892. The molecule has 1 N–H and O–H groups in total. The molecule has 27 heavy (non-hydrogen) atoms. The van der Waals surface area contributed by atoms with Gasteiger partial charge in [0.05, 0.1) is 12.6 Å². The van der Waals surface area contributed by atoms with Gasteiger partial charge in [-0.05, 0) is 48.5 Å². The standard InChI is InChI=1S/C20H25N3O4/c1-13-18(22-27-21-13)20(25)23-9-10-26-17-8-7-15(11-16(17)12-23)19(24)14-5-3-2-4-6-14/h7-8,11,14,19,24H,2-6,9-10,12H2,1H3. The topological polar surface area (TPSA) is 88.7 Å². The van der Waals surface area contributed by atoms with Gasteiger partial charge in [-0.3, -0.25) is 4.79 Å². The number of hydrogen-bond donors (Lipinski definition) is 1. The van der Waals surface area contributed by atoms with E-state index in [1.54, 1.807) is 11.8 Å². The first-order valence-corrected chi connectivity index (χ1v) is 9.65. The summed E-state index contributed by atoms with van der Waals surface area (Å²) in [6, 6.07) is 5.84. The van der Waals surface area contributed by atoms with Crippen LogP contribution in [0.2, 0.25) is 0 Å². The SMILES string of the molecule is Cc1nonc1C(=O)N1CCOc2ccc(C(O)C3CCCCC3)cc2C1. The molecule has 1 unspecified atom stereocenters. The van der Waals surface area contributed by atoms with Crippen molar-refractivity contribution in [2.75, 3.05) is 13.2 Å². The van der Waals surface area contributed by atoms with Crippen LogP contribution in [-0.2, 0) is 6.54 Å². The molecule has 0 bridgehead atoms. The van der Waals surface area contributed by atoms with Gasteiger partial charge in [0.2, 0.25) is 0 Å². The maximum Gasteiger partial charge on any atom is 0.278 e. The second-order valence-corrected chi connectivity index (χ2v) is 7.48. The average Bonchev–Trinajstić information content (AvgIpc) is 3.01. The van der Waals surface area contributed by atoms with Crippen LogP contribution < -0.4 is 4.74 Å². The number of hydrogen-bond acceptors (Lipinski definition) is 6. The van der Waals surface area contributed by atoms with Gasteiger partial charge >= 0.3 is 0 Å². The molecule has 1 fully saturated rings. The zero-order valence-corrected chi connectivity index (χ0v) is 15.6. The van der Waals surface area contributed by atoms with Crippen molar-refractivity contribution in [3.63, 3.8) is 0 Å². The highest BCUT2D eigenvalue weighted by Crippen LogP contribution is 2.36. The first kappa shape index (κ1) is 18.0. The van der Waals surface area contributed by atoms with Gasteiger partial charge < -0.3 is 14.7 Å². The van der Waals surface area contributed by atoms with Crippen molar-refractivity contribution in [3.8, 4) is 5.75 Å². The van der Waals surface area contributed by atoms with Crippen LogP contribution in [-0.4, -0.2) is 39.4 Å². The van der Waals surface area contributed by atoms with Crippen LogP contribution in [0.25, 0.3) is 0 Å². The van der Waals surface area contributed by atoms with E-state index in [4.69, 9.17) is 4.74 Å². The zero-order chi connectivity index (χ0) is 18.8. The van der Waals surface area contributed by atoms with E-state index in [1.165, 1.54) is 19.3 Å². The van der Waals surface area contributed by atoms with E-state index >= 15 is 0 Å². The van der Waals surface area contributed by atoms with Gasteiger partial charge in [0.15, 0.2) is 5.69 Å². The summed E-state index contributed by atoms with van der Waals surface area (Å²) in [5, 5.41) is 18.2. The fourth-order valence-electron chi connectivity index (χ4n) is 4.07. The number of benzene rings is 1. The zero-order valence-electron chi connectivity index (χ0n) is 15.6. The predicted molar refractivity (Wildman–Crippen MR) is 97.2 cm³/mol. The third-order valence-electron chi connectivity index (χ3n) is 5.64. The van der Waals surface area contributed by atoms with Gasteiger partial charge in [-0.1, -0.05) is 30.5 Å². The lowest BCUT2D eigenvalue weighted by molar-refractivity contribution is 0.0721. The van der Waals surface area contributed by atoms with E-state index in [0.717, 1.165) is 29.7 Å². The number of aromatic nitrogens is 2. The second-order valence-electron chi connectivity index (χ2n) is 7.48. The van der Waals surface area contributed by atoms with Gasteiger partial charge in [0.25, 0.3) is 5.91 Å². The normalized spacial score (nSPS) is 19.1. The van der Waals surface area contributed by atoms with E-state index in [-0.39, 0.29) is 11.6 Å². The molecule has 1 aliphatic carbocycles. The minimum absolute atomic E-state index is 0.219. The van der Waals surface area contributed by atoms with Gasteiger partial charge in [-0.2, -0.15) is 0 Å². The summed E-state index contributed by atoms with van der Waals surface area (Å²) in [6.45, 7) is 2.98. The molecule has 2 heterocycles. The number of carbonyl (C=O) groups excluding carboxylic acids is 1. The lowest BCUT2D eigenvalue weighted by atomic mass is 9.82. The molecule has 1 atom stereocenters. The number of aryl methyl sites for hydroxylation is 1. The molecule has 1 aromatic heterocycles. The van der Waals surface area contributed by atoms with Crippen LogP contribution in [0.5, 0.6) is 5.75 Å². The summed E-state index contributed by atoms with van der Waals surface area (Å²) in [5.41, 5.74) is 2.52. The first-order valence-electron chi connectivity index (χ1n) is 9.65. The van der Waals surface area contributed by atoms with Crippen LogP contribution in [0.15, 0.2) is 22.8 Å². The Balaban J connectivity index is 1.56. The smallest absolute Gasteiger partial charge is 0.278 e. The van der Waals surface area contributed by atoms with E-state index in [1.807, 2.05) is 18.2 Å². The Labute approximate surface area is 158 Å². The predicted octanol–water partition coefficient (Wildman–Crippen LogP) is 3.03. The number of amides is 1. The monoisotopic (exact) mass is 371 g/mol. The molecule has 7 nitrogen and oxygen atoms in total. The number of fused-ring (bicyclic) bond motifs is 1. The van der Waals surface area contributed by atoms with E-state index in [0.29, 0.717) is 31.3 Å². The van der Waals surface area contributed by atoms with Crippen LogP contribution in [0.3, 0.4) is 0 Å². The molecule has 1 aliphatic heterocycles. The minimum atomic E-state index is -0.468. The Hall–Kier alpha value is -2.41. The second kappa shape index (κ2) is 7.68. The molecular weight excluding hydrogens is 346 g/mol. The molecule has 1 aromatic carbocycles. The third-order valence-corrected chi connectivity index (χ3v) is 5.64. The number of ether oxygens (including phenoxy) is 1. The molecule has 0 radical (unpaired) electrons. The Bertz CT molecular complexity index is 813. The Kier molecular flexibility index (Phi) is 5.11. The van der Waals surface area contributed by atoms with Crippen LogP contribution in [0.4, 0.5) is 0 Å². The van der Waals surface area contributed by atoms with E-state index in [9.17, 15) is 9.90 Å². The van der Waals surface area contributed by atoms with Gasteiger partial charge in [0.1, 0.15) is 18.1 Å². The van der Waals surface area contributed by atoms with Crippen molar-refractivity contribution in [2.45, 2.75) is 51.7 Å². The molecule has 144 valence electrons. The first-order chi connectivity index (χ1) is 13.1. The van der Waals surface area contributed by atoms with Crippen LogP contribution in [0.1, 0.15) is 65.5 Å². The largest absolute Gasteiger partial charge is 0.491 e. The Morgan fingerprint density at radius 2 is 2.07 bits per heavy atom. The maximum absolute atomic E-state index is 12.8. The molecule has 4 rings (SSSR count). The van der Waals surface area contributed by atoms with E-state index < -0.39 is 6.10 Å². The van der Waals surface area contributed by atoms with Crippen LogP contribution >= 0.6 is 0 Å². The van der Waals surface area contributed by atoms with Gasteiger partial charge in [-0.25, -0.2) is 4.63 Å². The summed E-state index contributed by atoms with van der Waals surface area (Å²) < 4.78 is 10.5. The summed E-state index contributed by atoms with van der Waals surface area (Å²) in [7, 11) is 0. The fourth-order valence-corrected chi connectivity index (χ4v) is 4.07. The van der Waals surface area contributed by atoms with Crippen LogP contribution in [0, 0.1) is 12.8 Å². The number of rotatable bonds is 3. The minimum Gasteiger partial charge on any atom is -0.491 e. The summed E-state index contributed by atoms with van der Waals surface area (Å²) in [5.74, 6) is 0.855. The van der Waals surface area contributed by atoms with Crippen molar-refractivity contribution in [3.05, 3.63) is 40.7 Å². The summed E-state index contributed by atoms with van der Waals surface area (Å²) in [6.07, 6.45) is 5.29. The number of aliphatic hydroxyl groups excluding tert-OH is 1. The van der Waals surface area contributed by atoms with Gasteiger partial charge in [-0.15, -0.1) is 0 Å². The average molecular weight is 371 g/mol. The number of carbonyl (C=O) groups is 1. The van der Waals surface area contributed by atoms with Crippen molar-refractivity contribution >= 4 is 5.91 Å². The van der Waals surface area contributed by atoms with Crippen molar-refractivity contribution < 1.29 is 19.3 Å². The van der Waals surface area contributed by atoms with Crippen molar-refractivity contribution in [1.29, 1.82) is 0 Å². The molecule has 0 spiro atoms. The van der Waals surface area contributed by atoms with Crippen molar-refractivity contribution in [2.24, 2.45) is 5.92 Å². The lowest BCUT2D eigenvalue weighted by Gasteiger charge is -2.27. The lowest BCUT2D eigenvalue weighted by Crippen LogP contribution is -2.33. The summed E-state index contributed by atoms with van der Waals surface area (Å²) in [4.78, 5) is 14.5. The molecule has 1 saturated carbocycles. The van der Waals surface area contributed by atoms with E-state index in [2.05, 4.69) is 14.9 Å². The molecule has 0 saturated heterocycles. The fraction of sp³-hybridized carbons (Fsp3) is 0.550.